The number of aliphatic hydroxyl groups is 4. The van der Waals surface area contributed by atoms with Gasteiger partial charge in [-0.3, -0.25) is 0 Å². The van der Waals surface area contributed by atoms with E-state index in [0.29, 0.717) is 5.75 Å². The van der Waals surface area contributed by atoms with E-state index in [1.54, 1.807) is 12.1 Å². The first-order chi connectivity index (χ1) is 11.0. The van der Waals surface area contributed by atoms with Crippen LogP contribution in [0.2, 0.25) is 0 Å². The molecule has 1 aliphatic heterocycles. The lowest BCUT2D eigenvalue weighted by Gasteiger charge is -2.39. The van der Waals surface area contributed by atoms with Crippen LogP contribution in [0.3, 0.4) is 0 Å². The number of fused-ring (bicyclic) bond motifs is 1. The monoisotopic (exact) mass is 320 g/mol. The first-order valence-electron chi connectivity index (χ1n) is 7.47. The van der Waals surface area contributed by atoms with Crippen LogP contribution in [0.4, 0.5) is 0 Å². The van der Waals surface area contributed by atoms with E-state index in [2.05, 4.69) is 0 Å². The first kappa shape index (κ1) is 16.2. The normalized spacial score (nSPS) is 31.3. The summed E-state index contributed by atoms with van der Waals surface area (Å²) in [6, 6.07) is 11.4. The SMILES string of the molecule is Cc1ccc2cc(O[C@@H]3O[C@H](CO)[C@@H](O)[C@H](O)[C@H]3O)ccc2c1. The lowest BCUT2D eigenvalue weighted by atomic mass is 9.99. The van der Waals surface area contributed by atoms with Crippen molar-refractivity contribution in [2.45, 2.75) is 37.6 Å². The zero-order valence-electron chi connectivity index (χ0n) is 12.7. The van der Waals surface area contributed by atoms with Gasteiger partial charge in [0.2, 0.25) is 6.29 Å². The number of benzene rings is 2. The summed E-state index contributed by atoms with van der Waals surface area (Å²) in [5.41, 5.74) is 1.15. The Balaban J connectivity index is 1.81. The molecule has 124 valence electrons. The molecule has 0 saturated carbocycles. The highest BCUT2D eigenvalue weighted by Crippen LogP contribution is 2.27. The van der Waals surface area contributed by atoms with E-state index in [1.807, 2.05) is 31.2 Å². The highest BCUT2D eigenvalue weighted by molar-refractivity contribution is 5.84. The van der Waals surface area contributed by atoms with Crippen LogP contribution in [0.25, 0.3) is 10.8 Å². The molecule has 1 aliphatic rings. The van der Waals surface area contributed by atoms with Gasteiger partial charge in [-0.25, -0.2) is 0 Å². The topological polar surface area (TPSA) is 99.4 Å². The number of rotatable bonds is 3. The predicted octanol–water partition coefficient (Wildman–Crippen LogP) is 0.327. The molecule has 4 N–H and O–H groups in total. The summed E-state index contributed by atoms with van der Waals surface area (Å²) in [5, 5.41) is 40.7. The van der Waals surface area contributed by atoms with E-state index in [0.717, 1.165) is 16.3 Å². The molecular weight excluding hydrogens is 300 g/mol. The largest absolute Gasteiger partial charge is 0.462 e. The van der Waals surface area contributed by atoms with Crippen molar-refractivity contribution < 1.29 is 29.9 Å². The molecule has 23 heavy (non-hydrogen) atoms. The lowest BCUT2D eigenvalue weighted by molar-refractivity contribution is -0.277. The maximum Gasteiger partial charge on any atom is 0.229 e. The molecule has 6 nitrogen and oxygen atoms in total. The Labute approximate surface area is 133 Å². The van der Waals surface area contributed by atoms with Gasteiger partial charge in [0, 0.05) is 0 Å². The first-order valence-corrected chi connectivity index (χ1v) is 7.47. The second-order valence-electron chi connectivity index (χ2n) is 5.83. The van der Waals surface area contributed by atoms with Crippen LogP contribution < -0.4 is 4.74 Å². The molecule has 0 aromatic heterocycles. The summed E-state index contributed by atoms with van der Waals surface area (Å²) < 4.78 is 10.9. The molecule has 3 rings (SSSR count). The number of aryl methyl sites for hydroxylation is 1. The molecule has 1 saturated heterocycles. The van der Waals surface area contributed by atoms with Gasteiger partial charge in [-0.15, -0.1) is 0 Å². The van der Waals surface area contributed by atoms with Crippen molar-refractivity contribution in [3.8, 4) is 5.75 Å². The number of hydrogen-bond acceptors (Lipinski definition) is 6. The van der Waals surface area contributed by atoms with Crippen LogP contribution >= 0.6 is 0 Å². The second-order valence-corrected chi connectivity index (χ2v) is 5.83. The van der Waals surface area contributed by atoms with Gasteiger partial charge >= 0.3 is 0 Å². The van der Waals surface area contributed by atoms with Crippen molar-refractivity contribution >= 4 is 10.8 Å². The lowest BCUT2D eigenvalue weighted by Crippen LogP contribution is -2.60. The van der Waals surface area contributed by atoms with Crippen LogP contribution in [0.15, 0.2) is 36.4 Å². The van der Waals surface area contributed by atoms with Crippen molar-refractivity contribution in [2.24, 2.45) is 0 Å². The van der Waals surface area contributed by atoms with Crippen LogP contribution in [-0.4, -0.2) is 57.7 Å². The summed E-state index contributed by atoms with van der Waals surface area (Å²) in [7, 11) is 0. The Bertz CT molecular complexity index is 686. The third-order valence-corrected chi connectivity index (χ3v) is 4.07. The van der Waals surface area contributed by atoms with E-state index < -0.39 is 37.3 Å². The summed E-state index contributed by atoms with van der Waals surface area (Å²) in [6.45, 7) is 1.53. The zero-order valence-corrected chi connectivity index (χ0v) is 12.7. The maximum atomic E-state index is 9.99. The molecule has 2 aromatic carbocycles. The Morgan fingerprint density at radius 2 is 1.65 bits per heavy atom. The smallest absolute Gasteiger partial charge is 0.229 e. The highest BCUT2D eigenvalue weighted by atomic mass is 16.7. The van der Waals surface area contributed by atoms with Gasteiger partial charge < -0.3 is 29.9 Å². The van der Waals surface area contributed by atoms with Gasteiger partial charge in [-0.05, 0) is 29.8 Å². The minimum absolute atomic E-state index is 0.464. The molecule has 0 amide bonds. The number of ether oxygens (including phenoxy) is 2. The molecular formula is C17H20O6. The third kappa shape index (κ3) is 3.17. The minimum atomic E-state index is -1.45. The fourth-order valence-corrected chi connectivity index (χ4v) is 2.72. The van der Waals surface area contributed by atoms with Gasteiger partial charge in [-0.2, -0.15) is 0 Å². The average molecular weight is 320 g/mol. The summed E-state index contributed by atoms with van der Waals surface area (Å²) in [4.78, 5) is 0. The van der Waals surface area contributed by atoms with Crippen LogP contribution in [0.1, 0.15) is 5.56 Å². The summed E-state index contributed by atoms with van der Waals surface area (Å²) >= 11 is 0. The summed E-state index contributed by atoms with van der Waals surface area (Å²) in [5.74, 6) is 0.464. The van der Waals surface area contributed by atoms with Crippen molar-refractivity contribution in [3.63, 3.8) is 0 Å². The Hall–Kier alpha value is -1.70. The third-order valence-electron chi connectivity index (χ3n) is 4.07. The van der Waals surface area contributed by atoms with Gasteiger partial charge in [-0.1, -0.05) is 29.8 Å². The Morgan fingerprint density at radius 1 is 0.957 bits per heavy atom. The molecule has 6 heteroatoms. The van der Waals surface area contributed by atoms with Crippen LogP contribution in [-0.2, 0) is 4.74 Å². The quantitative estimate of drug-likeness (QED) is 0.650. The average Bonchev–Trinajstić information content (AvgIpc) is 2.55. The van der Waals surface area contributed by atoms with Gasteiger partial charge in [0.15, 0.2) is 0 Å². The molecule has 2 aromatic rings. The Morgan fingerprint density at radius 3 is 2.39 bits per heavy atom. The fourth-order valence-electron chi connectivity index (χ4n) is 2.72. The molecule has 5 atom stereocenters. The molecule has 0 unspecified atom stereocenters. The second kappa shape index (κ2) is 6.43. The number of hydrogen-bond donors (Lipinski definition) is 4. The fraction of sp³-hybridized carbons (Fsp3) is 0.412. The van der Waals surface area contributed by atoms with Gasteiger partial charge in [0.05, 0.1) is 6.61 Å². The molecule has 0 bridgehead atoms. The van der Waals surface area contributed by atoms with E-state index in [-0.39, 0.29) is 0 Å². The zero-order chi connectivity index (χ0) is 16.6. The van der Waals surface area contributed by atoms with Crippen LogP contribution in [0.5, 0.6) is 5.75 Å². The van der Waals surface area contributed by atoms with Crippen molar-refractivity contribution in [1.29, 1.82) is 0 Å². The van der Waals surface area contributed by atoms with Crippen LogP contribution in [0, 0.1) is 6.92 Å². The van der Waals surface area contributed by atoms with Gasteiger partial charge in [0.1, 0.15) is 30.2 Å². The van der Waals surface area contributed by atoms with E-state index >= 15 is 0 Å². The molecule has 1 fully saturated rings. The molecule has 0 radical (unpaired) electrons. The van der Waals surface area contributed by atoms with Gasteiger partial charge in [0.25, 0.3) is 0 Å². The predicted molar refractivity (Wildman–Crippen MR) is 83.1 cm³/mol. The highest BCUT2D eigenvalue weighted by Gasteiger charge is 2.44. The van der Waals surface area contributed by atoms with Crippen molar-refractivity contribution in [2.75, 3.05) is 6.61 Å². The Kier molecular flexibility index (Phi) is 4.52. The molecule has 0 aliphatic carbocycles. The van der Waals surface area contributed by atoms with Crippen molar-refractivity contribution in [1.82, 2.24) is 0 Å². The number of aliphatic hydroxyl groups excluding tert-OH is 4. The standard InChI is InChI=1S/C17H20O6/c1-9-2-3-11-7-12(5-4-10(11)6-9)22-17-16(21)15(20)14(19)13(8-18)23-17/h2-7,13-21H,8H2,1H3/t13-,14-,15+,16-,17-/m1/s1. The van der Waals surface area contributed by atoms with Crippen molar-refractivity contribution in [3.05, 3.63) is 42.0 Å². The minimum Gasteiger partial charge on any atom is -0.462 e. The maximum absolute atomic E-state index is 9.99. The molecule has 0 spiro atoms. The van der Waals surface area contributed by atoms with E-state index in [4.69, 9.17) is 9.47 Å². The summed E-state index contributed by atoms with van der Waals surface area (Å²) in [6.07, 6.45) is -6.42. The van der Waals surface area contributed by atoms with E-state index in [1.165, 1.54) is 0 Å². The molecule has 1 heterocycles. The van der Waals surface area contributed by atoms with E-state index in [9.17, 15) is 20.4 Å².